The van der Waals surface area contributed by atoms with Gasteiger partial charge < -0.3 is 34.5 Å². The zero-order valence-corrected chi connectivity index (χ0v) is 26.4. The Labute approximate surface area is 258 Å². The van der Waals surface area contributed by atoms with Crippen molar-refractivity contribution in [1.29, 1.82) is 0 Å². The minimum atomic E-state index is -3.70. The molecule has 2 heterocycles. The third-order valence-electron chi connectivity index (χ3n) is 5.94. The van der Waals surface area contributed by atoms with Gasteiger partial charge in [0.05, 0.1) is 26.0 Å². The predicted molar refractivity (Wildman–Crippen MR) is 158 cm³/mol. The van der Waals surface area contributed by atoms with Gasteiger partial charge in [0.25, 0.3) is 11.8 Å². The molecule has 0 spiro atoms. The highest BCUT2D eigenvalue weighted by Gasteiger charge is 2.24. The number of hydrogen-bond donors (Lipinski definition) is 2. The monoisotopic (exact) mass is 653 g/mol. The van der Waals surface area contributed by atoms with Crippen molar-refractivity contribution in [3.05, 3.63) is 51.7 Å². The van der Waals surface area contributed by atoms with Crippen LogP contribution in [0.3, 0.4) is 0 Å². The molecule has 17 nitrogen and oxygen atoms in total. The number of methoxy groups -OCH3 is 2. The molecule has 0 radical (unpaired) electrons. The molecule has 1 unspecified atom stereocenters. The van der Waals surface area contributed by atoms with Crippen LogP contribution in [0.2, 0.25) is 0 Å². The minimum absolute atomic E-state index is 0.0205. The van der Waals surface area contributed by atoms with Crippen molar-refractivity contribution in [2.45, 2.75) is 39.7 Å². The van der Waals surface area contributed by atoms with Crippen LogP contribution < -0.4 is 19.5 Å². The maximum Gasteiger partial charge on any atom is 0.345 e. The highest BCUT2D eigenvalue weighted by Crippen LogP contribution is 2.41. The van der Waals surface area contributed by atoms with Gasteiger partial charge in [0.2, 0.25) is 11.7 Å². The van der Waals surface area contributed by atoms with Crippen LogP contribution in [-0.4, -0.2) is 88.8 Å². The summed E-state index contributed by atoms with van der Waals surface area (Å²) in [5.41, 5.74) is 1.14. The van der Waals surface area contributed by atoms with E-state index in [1.54, 1.807) is 19.1 Å². The maximum atomic E-state index is 11.5. The quantitative estimate of drug-likeness (QED) is 0.0663. The first-order valence-electron chi connectivity index (χ1n) is 13.5. The molecule has 18 heteroatoms. The molecule has 1 atom stereocenters. The van der Waals surface area contributed by atoms with Crippen LogP contribution >= 0.6 is 7.60 Å². The van der Waals surface area contributed by atoms with Crippen molar-refractivity contribution in [1.82, 2.24) is 20.0 Å². The number of hydrogen-bond acceptors (Lipinski definition) is 12. The fourth-order valence-corrected chi connectivity index (χ4v) is 4.13. The number of ketones is 1. The van der Waals surface area contributed by atoms with Gasteiger partial charge in [0, 0.05) is 57.2 Å². The number of ether oxygens (including phenoxy) is 3. The van der Waals surface area contributed by atoms with Gasteiger partial charge in [-0.3, -0.25) is 33.2 Å². The van der Waals surface area contributed by atoms with Gasteiger partial charge in [-0.15, -0.1) is 4.68 Å². The van der Waals surface area contributed by atoms with Crippen LogP contribution in [0.15, 0.2) is 30.4 Å². The summed E-state index contributed by atoms with van der Waals surface area (Å²) in [5.74, 6) is -0.317. The number of carbonyl (C=O) groups excluding carboxylic acids is 4. The van der Waals surface area contributed by atoms with Gasteiger partial charge in [0.15, 0.2) is 18.3 Å². The third-order valence-corrected chi connectivity index (χ3v) is 6.52. The SMILES string of the molecule is CC(=O)NCCCC(=O)CCN1C(=O)C=CC1=O.COc1cc(Cn2nc(C)cc2[N+](=O)[O-])cc(OC)c1OCOP(C)(=O)O. The number of nitro groups is 1. The van der Waals surface area contributed by atoms with Crippen LogP contribution in [0.5, 0.6) is 17.2 Å². The number of imide groups is 1. The molecule has 1 aliphatic heterocycles. The number of nitrogens with one attached hydrogen (secondary N) is 1. The predicted octanol–water partition coefficient (Wildman–Crippen LogP) is 2.12. The Bertz CT molecular complexity index is 1440. The van der Waals surface area contributed by atoms with Gasteiger partial charge in [0.1, 0.15) is 12.3 Å². The molecular formula is C27H36N5O12P. The standard InChI is InChI=1S/C15H20N3O8P.C12H16N2O4/c1-10-5-14(18(19)20)17(16-10)8-11-6-12(23-2)15(13(7-11)24-3)25-9-26-27(4,21)22;1-9(15)13-7-2-3-10(16)6-8-14-11(17)4-5-12(14)18/h5-7H,8-9H2,1-4H3,(H,21,22);4-5H,2-3,6-8H2,1H3,(H,13,15). The molecule has 0 saturated heterocycles. The normalized spacial score (nSPS) is 13.5. The third kappa shape index (κ3) is 12.1. The van der Waals surface area contributed by atoms with E-state index in [0.29, 0.717) is 30.6 Å². The fourth-order valence-electron chi connectivity index (χ4n) is 3.88. The van der Waals surface area contributed by atoms with Crippen molar-refractivity contribution < 1.29 is 52.3 Å². The molecule has 1 aromatic carbocycles. The first kappa shape index (κ1) is 36.6. The number of carbonyl (C=O) groups is 4. The van der Waals surface area contributed by atoms with E-state index in [2.05, 4.69) is 10.4 Å². The largest absolute Gasteiger partial charge is 0.493 e. The summed E-state index contributed by atoms with van der Waals surface area (Å²) < 4.78 is 33.0. The van der Waals surface area contributed by atoms with E-state index in [4.69, 9.17) is 23.6 Å². The molecule has 0 saturated carbocycles. The number of rotatable bonds is 16. The second-order valence-electron chi connectivity index (χ2n) is 9.62. The van der Waals surface area contributed by atoms with E-state index in [1.165, 1.54) is 44.0 Å². The van der Waals surface area contributed by atoms with Crippen LogP contribution in [0.4, 0.5) is 5.82 Å². The van der Waals surface area contributed by atoms with Crippen molar-refractivity contribution in [2.24, 2.45) is 0 Å². The molecule has 3 rings (SSSR count). The summed E-state index contributed by atoms with van der Waals surface area (Å²) in [4.78, 5) is 65.3. The summed E-state index contributed by atoms with van der Waals surface area (Å²) in [7, 11) is -0.887. The molecule has 2 aromatic rings. The van der Waals surface area contributed by atoms with Crippen molar-refractivity contribution in [3.63, 3.8) is 0 Å². The average molecular weight is 654 g/mol. The number of Topliss-reactive ketones (excluding diaryl/α,β-unsaturated/α-hetero) is 1. The fraction of sp³-hybridized carbons (Fsp3) is 0.444. The molecule has 1 aliphatic rings. The first-order valence-corrected chi connectivity index (χ1v) is 15.5. The van der Waals surface area contributed by atoms with Crippen molar-refractivity contribution in [3.8, 4) is 17.2 Å². The smallest absolute Gasteiger partial charge is 0.345 e. The van der Waals surface area contributed by atoms with Gasteiger partial charge in [-0.2, -0.15) is 0 Å². The Kier molecular flexibility index (Phi) is 13.9. The van der Waals surface area contributed by atoms with Crippen LogP contribution in [0.1, 0.15) is 37.4 Å². The van der Waals surface area contributed by atoms with Gasteiger partial charge in [-0.1, -0.05) is 5.10 Å². The van der Waals surface area contributed by atoms with E-state index in [1.807, 2.05) is 0 Å². The lowest BCUT2D eigenvalue weighted by atomic mass is 10.1. The van der Waals surface area contributed by atoms with Gasteiger partial charge in [-0.05, 0) is 30.4 Å². The molecule has 246 valence electrons. The van der Waals surface area contributed by atoms with Gasteiger partial charge >= 0.3 is 13.4 Å². The second kappa shape index (κ2) is 17.0. The van der Waals surface area contributed by atoms with Crippen LogP contribution in [0.25, 0.3) is 0 Å². The molecule has 0 aliphatic carbocycles. The van der Waals surface area contributed by atoms with E-state index in [0.717, 1.165) is 11.6 Å². The molecule has 2 N–H and O–H groups in total. The van der Waals surface area contributed by atoms with E-state index < -0.39 is 19.3 Å². The molecule has 0 fully saturated rings. The lowest BCUT2D eigenvalue weighted by molar-refractivity contribution is -0.392. The molecule has 0 bridgehead atoms. The number of aryl methyl sites for hydroxylation is 1. The lowest BCUT2D eigenvalue weighted by Crippen LogP contribution is -2.32. The van der Waals surface area contributed by atoms with E-state index >= 15 is 0 Å². The summed E-state index contributed by atoms with van der Waals surface area (Å²) >= 11 is 0. The van der Waals surface area contributed by atoms with Crippen molar-refractivity contribution in [2.75, 3.05) is 40.8 Å². The minimum Gasteiger partial charge on any atom is -0.493 e. The Hall–Kier alpha value is -4.60. The lowest BCUT2D eigenvalue weighted by Gasteiger charge is -2.16. The topological polar surface area (TPSA) is 219 Å². The Morgan fingerprint density at radius 2 is 1.69 bits per heavy atom. The Morgan fingerprint density at radius 3 is 2.20 bits per heavy atom. The molecule has 3 amide bonds. The van der Waals surface area contributed by atoms with Crippen molar-refractivity contribution >= 4 is 36.9 Å². The summed E-state index contributed by atoms with van der Waals surface area (Å²) in [6, 6.07) is 4.58. The Balaban J connectivity index is 0.000000341. The summed E-state index contributed by atoms with van der Waals surface area (Å²) in [5, 5.41) is 17.9. The zero-order valence-electron chi connectivity index (χ0n) is 25.5. The van der Waals surface area contributed by atoms with E-state index in [9.17, 15) is 33.9 Å². The zero-order chi connectivity index (χ0) is 33.7. The van der Waals surface area contributed by atoms with E-state index in [-0.39, 0.29) is 66.1 Å². The molecule has 1 aromatic heterocycles. The molecular weight excluding hydrogens is 617 g/mol. The number of amides is 3. The number of nitrogens with zero attached hydrogens (tertiary/aromatic N) is 4. The number of aromatic nitrogens is 2. The highest BCUT2D eigenvalue weighted by molar-refractivity contribution is 7.51. The van der Waals surface area contributed by atoms with Crippen LogP contribution in [-0.2, 0) is 34.8 Å². The highest BCUT2D eigenvalue weighted by atomic mass is 31.2. The number of benzene rings is 1. The molecule has 45 heavy (non-hydrogen) atoms. The van der Waals surface area contributed by atoms with Crippen LogP contribution in [0, 0.1) is 17.0 Å². The Morgan fingerprint density at radius 1 is 1.09 bits per heavy atom. The average Bonchev–Trinajstić information content (AvgIpc) is 3.49. The first-order chi connectivity index (χ1) is 21.1. The van der Waals surface area contributed by atoms with Gasteiger partial charge in [-0.25, -0.2) is 0 Å². The second-order valence-corrected chi connectivity index (χ2v) is 11.5. The summed E-state index contributed by atoms with van der Waals surface area (Å²) in [6.45, 7) is 4.32. The maximum absolute atomic E-state index is 11.5. The summed E-state index contributed by atoms with van der Waals surface area (Å²) in [6.07, 6.45) is 3.47.